The van der Waals surface area contributed by atoms with E-state index in [1.807, 2.05) is 36.4 Å². The van der Waals surface area contributed by atoms with Crippen molar-refractivity contribution in [2.24, 2.45) is 0 Å². The van der Waals surface area contributed by atoms with Crippen LogP contribution in [0.5, 0.6) is 23.3 Å². The van der Waals surface area contributed by atoms with E-state index in [0.717, 1.165) is 56.8 Å². The van der Waals surface area contributed by atoms with E-state index in [-0.39, 0.29) is 0 Å². The van der Waals surface area contributed by atoms with Gasteiger partial charge >= 0.3 is 0 Å². The summed E-state index contributed by atoms with van der Waals surface area (Å²) in [6, 6.07) is 15.8. The van der Waals surface area contributed by atoms with Crippen LogP contribution < -0.4 is 14.2 Å². The number of benzene rings is 2. The lowest BCUT2D eigenvalue weighted by Crippen LogP contribution is -2.37. The van der Waals surface area contributed by atoms with E-state index in [1.54, 1.807) is 7.11 Å². The van der Waals surface area contributed by atoms with Gasteiger partial charge in [-0.25, -0.2) is 9.97 Å². The number of fused-ring (bicyclic) bond motifs is 1. The highest BCUT2D eigenvalue weighted by molar-refractivity contribution is 5.86. The Morgan fingerprint density at radius 2 is 1.89 bits per heavy atom. The van der Waals surface area contributed by atoms with Crippen molar-refractivity contribution in [3.05, 3.63) is 66.1 Å². The number of methoxy groups -OCH3 is 1. The van der Waals surface area contributed by atoms with Crippen LogP contribution in [0.2, 0.25) is 0 Å². The van der Waals surface area contributed by atoms with Crippen molar-refractivity contribution < 1.29 is 18.9 Å². The Labute approximate surface area is 204 Å². The zero-order chi connectivity index (χ0) is 23.9. The van der Waals surface area contributed by atoms with E-state index in [4.69, 9.17) is 18.9 Å². The highest BCUT2D eigenvalue weighted by atomic mass is 16.5. The van der Waals surface area contributed by atoms with Crippen LogP contribution in [0.4, 0.5) is 0 Å². The maximum Gasteiger partial charge on any atom is 0.240 e. The van der Waals surface area contributed by atoms with Crippen LogP contribution in [0.25, 0.3) is 10.9 Å². The van der Waals surface area contributed by atoms with E-state index < -0.39 is 0 Å². The summed E-state index contributed by atoms with van der Waals surface area (Å²) < 4.78 is 23.0. The maximum atomic E-state index is 6.04. The SMILES string of the molecule is COc1cc2c(Oc3cc(Cc4ccccc4)[nH]n3)ncnc2cc1OCCCN1CCOCC1. The molecular formula is C26H29N5O4. The van der Waals surface area contributed by atoms with Gasteiger partial charge in [0.25, 0.3) is 0 Å². The normalized spacial score (nSPS) is 14.2. The summed E-state index contributed by atoms with van der Waals surface area (Å²) in [5, 5.41) is 8.04. The third-order valence-electron chi connectivity index (χ3n) is 5.91. The van der Waals surface area contributed by atoms with Gasteiger partial charge in [0.15, 0.2) is 11.5 Å². The Morgan fingerprint density at radius 3 is 2.71 bits per heavy atom. The smallest absolute Gasteiger partial charge is 0.240 e. The predicted molar refractivity (Wildman–Crippen MR) is 131 cm³/mol. The van der Waals surface area contributed by atoms with E-state index in [0.29, 0.717) is 35.4 Å². The van der Waals surface area contributed by atoms with Crippen molar-refractivity contribution in [2.75, 3.05) is 46.6 Å². The predicted octanol–water partition coefficient (Wildman–Crippen LogP) is 3.85. The molecule has 0 saturated carbocycles. The zero-order valence-corrected chi connectivity index (χ0v) is 19.8. The first-order chi connectivity index (χ1) is 17.3. The molecule has 35 heavy (non-hydrogen) atoms. The molecule has 3 heterocycles. The summed E-state index contributed by atoms with van der Waals surface area (Å²) in [7, 11) is 1.62. The monoisotopic (exact) mass is 475 g/mol. The summed E-state index contributed by atoms with van der Waals surface area (Å²) in [5.41, 5.74) is 2.85. The van der Waals surface area contributed by atoms with Gasteiger partial charge in [-0.05, 0) is 18.1 Å². The zero-order valence-electron chi connectivity index (χ0n) is 19.8. The summed E-state index contributed by atoms with van der Waals surface area (Å²) in [5.74, 6) is 2.11. The number of morpholine rings is 1. The number of hydrogen-bond donors (Lipinski definition) is 1. The van der Waals surface area contributed by atoms with Crippen molar-refractivity contribution in [3.8, 4) is 23.3 Å². The van der Waals surface area contributed by atoms with Crippen LogP contribution in [0.15, 0.2) is 54.9 Å². The molecule has 4 aromatic rings. The van der Waals surface area contributed by atoms with Crippen molar-refractivity contribution in [1.82, 2.24) is 25.1 Å². The Balaban J connectivity index is 1.26. The van der Waals surface area contributed by atoms with Gasteiger partial charge in [0.2, 0.25) is 11.8 Å². The number of nitrogens with one attached hydrogen (secondary N) is 1. The van der Waals surface area contributed by atoms with Gasteiger partial charge < -0.3 is 18.9 Å². The summed E-state index contributed by atoms with van der Waals surface area (Å²) in [4.78, 5) is 11.1. The van der Waals surface area contributed by atoms with E-state index >= 15 is 0 Å². The van der Waals surface area contributed by atoms with E-state index in [2.05, 4.69) is 37.2 Å². The molecule has 0 atom stereocenters. The standard InChI is InChI=1S/C26H29N5O4/c1-32-23-16-21-22(17-24(23)34-11-5-8-31-9-12-33-13-10-31)27-18-28-26(21)35-25-15-20(29-30-25)14-19-6-3-2-4-7-19/h2-4,6-7,15-18H,5,8-14H2,1H3,(H,29,30). The lowest BCUT2D eigenvalue weighted by Gasteiger charge is -2.26. The minimum absolute atomic E-state index is 0.407. The molecule has 9 heteroatoms. The quantitative estimate of drug-likeness (QED) is 0.346. The van der Waals surface area contributed by atoms with Crippen molar-refractivity contribution in [2.45, 2.75) is 12.8 Å². The molecule has 0 aliphatic carbocycles. The van der Waals surface area contributed by atoms with Gasteiger partial charge in [-0.2, -0.15) is 0 Å². The third kappa shape index (κ3) is 5.87. The molecule has 1 saturated heterocycles. The fraction of sp³-hybridized carbons (Fsp3) is 0.346. The topological polar surface area (TPSA) is 94.6 Å². The minimum Gasteiger partial charge on any atom is -0.493 e. The molecule has 0 bridgehead atoms. The number of aromatic amines is 1. The molecule has 0 unspecified atom stereocenters. The van der Waals surface area contributed by atoms with Crippen molar-refractivity contribution in [3.63, 3.8) is 0 Å². The molecule has 0 radical (unpaired) electrons. The van der Waals surface area contributed by atoms with Gasteiger partial charge in [0.05, 0.1) is 37.8 Å². The number of nitrogens with zero attached hydrogens (tertiary/aromatic N) is 4. The van der Waals surface area contributed by atoms with Crippen LogP contribution in [0, 0.1) is 0 Å². The molecular weight excluding hydrogens is 446 g/mol. The van der Waals surface area contributed by atoms with E-state index in [9.17, 15) is 0 Å². The average molecular weight is 476 g/mol. The molecule has 2 aromatic heterocycles. The number of hydrogen-bond acceptors (Lipinski definition) is 8. The molecule has 2 aromatic carbocycles. The highest BCUT2D eigenvalue weighted by Gasteiger charge is 2.15. The first-order valence-electron chi connectivity index (χ1n) is 11.8. The summed E-state index contributed by atoms with van der Waals surface area (Å²) in [6.45, 7) is 5.12. The van der Waals surface area contributed by atoms with Gasteiger partial charge in [-0.15, -0.1) is 5.10 Å². The number of rotatable bonds is 10. The van der Waals surface area contributed by atoms with Gasteiger partial charge in [0.1, 0.15) is 6.33 Å². The molecule has 1 N–H and O–H groups in total. The summed E-state index contributed by atoms with van der Waals surface area (Å²) >= 11 is 0. The Kier molecular flexibility index (Phi) is 7.35. The average Bonchev–Trinajstić information content (AvgIpc) is 3.34. The number of ether oxygens (including phenoxy) is 4. The van der Waals surface area contributed by atoms with Crippen molar-refractivity contribution >= 4 is 10.9 Å². The second-order valence-corrected chi connectivity index (χ2v) is 8.35. The molecule has 1 aliphatic rings. The molecule has 182 valence electrons. The fourth-order valence-electron chi connectivity index (χ4n) is 4.09. The molecule has 5 rings (SSSR count). The number of H-pyrrole nitrogens is 1. The first kappa shape index (κ1) is 23.1. The van der Waals surface area contributed by atoms with Crippen molar-refractivity contribution in [1.29, 1.82) is 0 Å². The lowest BCUT2D eigenvalue weighted by molar-refractivity contribution is 0.0357. The Bertz CT molecular complexity index is 1240. The molecule has 1 fully saturated rings. The molecule has 9 nitrogen and oxygen atoms in total. The molecule has 1 aliphatic heterocycles. The number of aromatic nitrogens is 4. The highest BCUT2D eigenvalue weighted by Crippen LogP contribution is 2.36. The third-order valence-corrected chi connectivity index (χ3v) is 5.91. The van der Waals surface area contributed by atoms with Gasteiger partial charge in [-0.3, -0.25) is 10.00 Å². The molecule has 0 spiro atoms. The van der Waals surface area contributed by atoms with Crippen LogP contribution in [-0.4, -0.2) is 71.6 Å². The second kappa shape index (κ2) is 11.2. The van der Waals surface area contributed by atoms with Crippen LogP contribution in [0.3, 0.4) is 0 Å². The van der Waals surface area contributed by atoms with E-state index in [1.165, 1.54) is 11.9 Å². The summed E-state index contributed by atoms with van der Waals surface area (Å²) in [6.07, 6.45) is 3.13. The van der Waals surface area contributed by atoms with Crippen LogP contribution in [-0.2, 0) is 11.2 Å². The fourth-order valence-corrected chi connectivity index (χ4v) is 4.09. The first-order valence-corrected chi connectivity index (χ1v) is 11.8. The second-order valence-electron chi connectivity index (χ2n) is 8.35. The van der Waals surface area contributed by atoms with Crippen LogP contribution in [0.1, 0.15) is 17.7 Å². The Hall–Kier alpha value is -3.69. The molecule has 0 amide bonds. The van der Waals surface area contributed by atoms with Gasteiger partial charge in [-0.1, -0.05) is 30.3 Å². The minimum atomic E-state index is 0.407. The van der Waals surface area contributed by atoms with Gasteiger partial charge in [0, 0.05) is 43.9 Å². The lowest BCUT2D eigenvalue weighted by atomic mass is 10.1. The van der Waals surface area contributed by atoms with Crippen LogP contribution >= 0.6 is 0 Å². The Morgan fingerprint density at radius 1 is 1.03 bits per heavy atom. The largest absolute Gasteiger partial charge is 0.493 e. The maximum absolute atomic E-state index is 6.04.